The summed E-state index contributed by atoms with van der Waals surface area (Å²) in [5.41, 5.74) is 5.02. The number of H-pyrrole nitrogens is 1. The van der Waals surface area contributed by atoms with Crippen LogP contribution in [0.5, 0.6) is 17.2 Å². The molecule has 0 saturated heterocycles. The molecule has 2 aliphatic heterocycles. The van der Waals surface area contributed by atoms with Gasteiger partial charge in [-0.05, 0) is 60.9 Å². The number of hydrogen-bond acceptors (Lipinski definition) is 4. The van der Waals surface area contributed by atoms with Gasteiger partial charge in [0.25, 0.3) is 5.91 Å². The summed E-state index contributed by atoms with van der Waals surface area (Å²) < 4.78 is 16.7. The summed E-state index contributed by atoms with van der Waals surface area (Å²) >= 11 is 0. The zero-order chi connectivity index (χ0) is 22.4. The van der Waals surface area contributed by atoms with E-state index in [0.29, 0.717) is 30.2 Å². The number of amides is 1. The van der Waals surface area contributed by atoms with Crippen molar-refractivity contribution in [1.29, 1.82) is 0 Å². The molecule has 6 rings (SSSR count). The molecule has 0 spiro atoms. The van der Waals surface area contributed by atoms with E-state index < -0.39 is 0 Å². The van der Waals surface area contributed by atoms with Gasteiger partial charge in [-0.2, -0.15) is 0 Å². The predicted molar refractivity (Wildman–Crippen MR) is 125 cm³/mol. The summed E-state index contributed by atoms with van der Waals surface area (Å²) in [7, 11) is 0. The first-order valence-corrected chi connectivity index (χ1v) is 11.3. The van der Waals surface area contributed by atoms with Crippen molar-refractivity contribution in [3.05, 3.63) is 89.1 Å². The number of para-hydroxylation sites is 1. The number of nitrogens with zero attached hydrogens (tertiary/aromatic N) is 1. The van der Waals surface area contributed by atoms with Crippen LogP contribution in [-0.2, 0) is 6.42 Å². The van der Waals surface area contributed by atoms with E-state index in [-0.39, 0.29) is 18.7 Å². The first-order chi connectivity index (χ1) is 16.2. The molecule has 0 bridgehead atoms. The van der Waals surface area contributed by atoms with Crippen molar-refractivity contribution in [2.45, 2.75) is 19.4 Å². The lowest BCUT2D eigenvalue weighted by atomic mass is 9.91. The summed E-state index contributed by atoms with van der Waals surface area (Å²) in [5, 5.41) is 1.22. The maximum atomic E-state index is 13.8. The van der Waals surface area contributed by atoms with Crippen molar-refractivity contribution in [3.63, 3.8) is 0 Å². The second kappa shape index (κ2) is 7.89. The number of carbonyl (C=O) groups is 1. The summed E-state index contributed by atoms with van der Waals surface area (Å²) in [4.78, 5) is 19.4. The standard InChI is InChI=1S/C27H24N2O4/c1-2-31-19-7-5-6-17(14-19)26-25-21(20-8-3-4-9-22(20)28-25)12-13-29(26)27(30)18-10-11-23-24(15-18)33-16-32-23/h3-11,14-15,26,28H,2,12-13,16H2,1H3. The average Bonchev–Trinajstić information content (AvgIpc) is 3.47. The number of aromatic nitrogens is 1. The van der Waals surface area contributed by atoms with Crippen LogP contribution in [0.3, 0.4) is 0 Å². The number of fused-ring (bicyclic) bond motifs is 4. The van der Waals surface area contributed by atoms with Crippen LogP contribution in [0.25, 0.3) is 10.9 Å². The lowest BCUT2D eigenvalue weighted by Crippen LogP contribution is -2.40. The van der Waals surface area contributed by atoms with Crippen molar-refractivity contribution in [1.82, 2.24) is 9.88 Å². The molecule has 2 aliphatic rings. The third-order valence-corrected chi connectivity index (χ3v) is 6.40. The topological polar surface area (TPSA) is 63.8 Å². The van der Waals surface area contributed by atoms with E-state index in [1.807, 2.05) is 42.2 Å². The molecule has 1 amide bonds. The van der Waals surface area contributed by atoms with Crippen LogP contribution < -0.4 is 14.2 Å². The van der Waals surface area contributed by atoms with Crippen molar-refractivity contribution in [2.75, 3.05) is 19.9 Å². The van der Waals surface area contributed by atoms with Gasteiger partial charge in [0.2, 0.25) is 6.79 Å². The third kappa shape index (κ3) is 3.30. The molecule has 6 nitrogen and oxygen atoms in total. The molecule has 1 N–H and O–H groups in total. The number of benzene rings is 3. The Labute approximate surface area is 191 Å². The number of carbonyl (C=O) groups excluding carboxylic acids is 1. The highest BCUT2D eigenvalue weighted by Crippen LogP contribution is 2.40. The van der Waals surface area contributed by atoms with Gasteiger partial charge in [-0.3, -0.25) is 4.79 Å². The SMILES string of the molecule is CCOc1cccc(C2c3[nH]c4ccccc4c3CCN2C(=O)c2ccc3c(c2)OCO3)c1. The first kappa shape index (κ1) is 19.7. The van der Waals surface area contributed by atoms with Gasteiger partial charge in [-0.25, -0.2) is 0 Å². The molecule has 166 valence electrons. The second-order valence-corrected chi connectivity index (χ2v) is 8.29. The Morgan fingerprint density at radius 2 is 1.94 bits per heavy atom. The Morgan fingerprint density at radius 3 is 2.85 bits per heavy atom. The highest BCUT2D eigenvalue weighted by molar-refractivity contribution is 5.96. The summed E-state index contributed by atoms with van der Waals surface area (Å²) in [6, 6.07) is 21.5. The van der Waals surface area contributed by atoms with E-state index in [4.69, 9.17) is 14.2 Å². The minimum Gasteiger partial charge on any atom is -0.494 e. The number of aromatic amines is 1. The monoisotopic (exact) mass is 440 g/mol. The molecular formula is C27H24N2O4. The maximum Gasteiger partial charge on any atom is 0.254 e. The normalized spacial score (nSPS) is 16.6. The molecule has 0 aliphatic carbocycles. The molecule has 1 aromatic heterocycles. The van der Waals surface area contributed by atoms with Crippen LogP contribution in [0.15, 0.2) is 66.7 Å². The maximum absolute atomic E-state index is 13.8. The zero-order valence-electron chi connectivity index (χ0n) is 18.3. The summed E-state index contributed by atoms with van der Waals surface area (Å²) in [5.74, 6) is 2.04. The third-order valence-electron chi connectivity index (χ3n) is 6.40. The van der Waals surface area contributed by atoms with E-state index in [1.54, 1.807) is 12.1 Å². The Balaban J connectivity index is 1.47. The van der Waals surface area contributed by atoms with Gasteiger partial charge in [0, 0.05) is 28.7 Å². The van der Waals surface area contributed by atoms with Crippen molar-refractivity contribution in [3.8, 4) is 17.2 Å². The molecular weight excluding hydrogens is 416 g/mol. The largest absolute Gasteiger partial charge is 0.494 e. The fourth-order valence-corrected chi connectivity index (χ4v) is 4.94. The highest BCUT2D eigenvalue weighted by Gasteiger charge is 2.35. The molecule has 4 aromatic rings. The van der Waals surface area contributed by atoms with E-state index >= 15 is 0 Å². The van der Waals surface area contributed by atoms with Crippen LogP contribution in [-0.4, -0.2) is 35.7 Å². The Kier molecular flexibility index (Phi) is 4.72. The lowest BCUT2D eigenvalue weighted by Gasteiger charge is -2.36. The number of rotatable bonds is 4. The quantitative estimate of drug-likeness (QED) is 0.481. The smallest absolute Gasteiger partial charge is 0.254 e. The molecule has 33 heavy (non-hydrogen) atoms. The fraction of sp³-hybridized carbons (Fsp3) is 0.222. The van der Waals surface area contributed by atoms with Crippen molar-refractivity contribution in [2.24, 2.45) is 0 Å². The van der Waals surface area contributed by atoms with Crippen molar-refractivity contribution < 1.29 is 19.0 Å². The van der Waals surface area contributed by atoms with Crippen molar-refractivity contribution >= 4 is 16.8 Å². The van der Waals surface area contributed by atoms with E-state index in [0.717, 1.165) is 28.9 Å². The van der Waals surface area contributed by atoms with E-state index in [9.17, 15) is 4.79 Å². The van der Waals surface area contributed by atoms with Crippen LogP contribution in [0.1, 0.15) is 40.1 Å². The first-order valence-electron chi connectivity index (χ1n) is 11.3. The Bertz CT molecular complexity index is 1360. The Hall–Kier alpha value is -3.93. The molecule has 1 atom stereocenters. The van der Waals surface area contributed by atoms with Gasteiger partial charge < -0.3 is 24.1 Å². The molecule has 1 unspecified atom stereocenters. The van der Waals surface area contributed by atoms with Gasteiger partial charge >= 0.3 is 0 Å². The van der Waals surface area contributed by atoms with Gasteiger partial charge in [-0.1, -0.05) is 30.3 Å². The second-order valence-electron chi connectivity index (χ2n) is 8.29. The van der Waals surface area contributed by atoms with E-state index in [2.05, 4.69) is 29.2 Å². The average molecular weight is 440 g/mol. The molecule has 0 saturated carbocycles. The number of ether oxygens (including phenoxy) is 3. The summed E-state index contributed by atoms with van der Waals surface area (Å²) in [6.07, 6.45) is 0.789. The van der Waals surface area contributed by atoms with Gasteiger partial charge in [0.1, 0.15) is 5.75 Å². The lowest BCUT2D eigenvalue weighted by molar-refractivity contribution is 0.0691. The minimum absolute atomic E-state index is 0.0376. The summed E-state index contributed by atoms with van der Waals surface area (Å²) in [6.45, 7) is 3.36. The fourth-order valence-electron chi connectivity index (χ4n) is 4.94. The van der Waals surface area contributed by atoms with Crippen LogP contribution in [0.2, 0.25) is 0 Å². The van der Waals surface area contributed by atoms with Gasteiger partial charge in [0.05, 0.1) is 12.6 Å². The molecule has 6 heteroatoms. The van der Waals surface area contributed by atoms with Gasteiger partial charge in [0.15, 0.2) is 11.5 Å². The number of hydrogen-bond donors (Lipinski definition) is 1. The van der Waals surface area contributed by atoms with Crippen LogP contribution in [0, 0.1) is 0 Å². The van der Waals surface area contributed by atoms with Gasteiger partial charge in [-0.15, -0.1) is 0 Å². The molecule has 0 radical (unpaired) electrons. The number of nitrogens with one attached hydrogen (secondary N) is 1. The molecule has 3 heterocycles. The van der Waals surface area contributed by atoms with E-state index in [1.165, 1.54) is 10.9 Å². The van der Waals surface area contributed by atoms with Crippen LogP contribution in [0.4, 0.5) is 0 Å². The molecule has 0 fully saturated rings. The predicted octanol–water partition coefficient (Wildman–Crippen LogP) is 5.08. The minimum atomic E-state index is -0.250. The molecule has 3 aromatic carbocycles. The highest BCUT2D eigenvalue weighted by atomic mass is 16.7. The van der Waals surface area contributed by atoms with Crippen LogP contribution >= 0.6 is 0 Å². The zero-order valence-corrected chi connectivity index (χ0v) is 18.3. The Morgan fingerprint density at radius 1 is 1.06 bits per heavy atom.